The van der Waals surface area contributed by atoms with E-state index in [-0.39, 0.29) is 18.5 Å². The molecule has 0 aliphatic carbocycles. The van der Waals surface area contributed by atoms with E-state index in [1.54, 1.807) is 0 Å². The van der Waals surface area contributed by atoms with E-state index in [1.807, 2.05) is 0 Å². The van der Waals surface area contributed by atoms with Crippen molar-refractivity contribution in [1.29, 1.82) is 0 Å². The Morgan fingerprint density at radius 3 is 1.37 bits per heavy atom. The first-order valence-corrected chi connectivity index (χ1v) is 20.6. The molecule has 3 heteroatoms. The Hall–Kier alpha value is -0.900. The zero-order valence-corrected chi connectivity index (χ0v) is 31.1. The molecule has 0 radical (unpaired) electrons. The molecule has 0 bridgehead atoms. The SMILES string of the molecule is CCCCCC=CCC=CCCCCCCCCC1(CCCCCCCCCCCC=CCCCCC)OCC(CCCCO)O1. The number of unbranched alkanes of at least 4 members (excludes halogenated alkanes) is 22. The van der Waals surface area contributed by atoms with Crippen LogP contribution in [-0.4, -0.2) is 30.2 Å². The molecule has 46 heavy (non-hydrogen) atoms. The quantitative estimate of drug-likeness (QED) is 0.0551. The summed E-state index contributed by atoms with van der Waals surface area (Å²) in [6.45, 7) is 5.56. The number of hydrogen-bond donors (Lipinski definition) is 1. The van der Waals surface area contributed by atoms with E-state index in [1.165, 1.54) is 161 Å². The van der Waals surface area contributed by atoms with E-state index in [9.17, 15) is 5.11 Å². The molecular formula is C43H80O3. The highest BCUT2D eigenvalue weighted by atomic mass is 16.7. The normalized spacial score (nSPS) is 18.7. The van der Waals surface area contributed by atoms with Gasteiger partial charge in [0, 0.05) is 19.4 Å². The number of rotatable bonds is 35. The number of aliphatic hydroxyl groups is 1. The molecule has 0 aromatic carbocycles. The number of ether oxygens (including phenoxy) is 2. The molecule has 1 heterocycles. The summed E-state index contributed by atoms with van der Waals surface area (Å²) in [6, 6.07) is 0. The Kier molecular flexibility index (Phi) is 31.9. The van der Waals surface area contributed by atoms with Gasteiger partial charge in [0.25, 0.3) is 0 Å². The lowest BCUT2D eigenvalue weighted by Gasteiger charge is -2.28. The van der Waals surface area contributed by atoms with Crippen molar-refractivity contribution >= 4 is 0 Å². The summed E-state index contributed by atoms with van der Waals surface area (Å²) in [4.78, 5) is 0. The molecule has 0 saturated carbocycles. The van der Waals surface area contributed by atoms with Crippen molar-refractivity contribution in [2.75, 3.05) is 13.2 Å². The second-order valence-corrected chi connectivity index (χ2v) is 14.2. The minimum absolute atomic E-state index is 0.215. The molecule has 1 N–H and O–H groups in total. The summed E-state index contributed by atoms with van der Waals surface area (Å²) in [5.41, 5.74) is 0. The van der Waals surface area contributed by atoms with Crippen molar-refractivity contribution in [2.45, 2.75) is 225 Å². The summed E-state index contributed by atoms with van der Waals surface area (Å²) in [7, 11) is 0. The lowest BCUT2D eigenvalue weighted by atomic mass is 9.98. The van der Waals surface area contributed by atoms with Gasteiger partial charge in [0.2, 0.25) is 0 Å². The maximum atomic E-state index is 9.18. The summed E-state index contributed by atoms with van der Waals surface area (Å²) in [5.74, 6) is -0.344. The topological polar surface area (TPSA) is 38.7 Å². The van der Waals surface area contributed by atoms with Crippen LogP contribution in [-0.2, 0) is 9.47 Å². The van der Waals surface area contributed by atoms with Crippen molar-refractivity contribution < 1.29 is 14.6 Å². The lowest BCUT2D eigenvalue weighted by Crippen LogP contribution is -2.31. The van der Waals surface area contributed by atoms with Gasteiger partial charge in [-0.3, -0.25) is 0 Å². The van der Waals surface area contributed by atoms with Crippen LogP contribution >= 0.6 is 0 Å². The average molecular weight is 645 g/mol. The van der Waals surface area contributed by atoms with E-state index >= 15 is 0 Å². The predicted molar refractivity (Wildman–Crippen MR) is 203 cm³/mol. The average Bonchev–Trinajstić information content (AvgIpc) is 3.47. The molecule has 0 spiro atoms. The van der Waals surface area contributed by atoms with E-state index in [4.69, 9.17) is 9.47 Å². The Balaban J connectivity index is 2.13. The molecule has 0 amide bonds. The highest BCUT2D eigenvalue weighted by Crippen LogP contribution is 2.36. The van der Waals surface area contributed by atoms with Crippen LogP contribution in [0.4, 0.5) is 0 Å². The fourth-order valence-electron chi connectivity index (χ4n) is 6.65. The maximum Gasteiger partial charge on any atom is 0.168 e. The van der Waals surface area contributed by atoms with Crippen LogP contribution in [0.5, 0.6) is 0 Å². The van der Waals surface area contributed by atoms with Crippen LogP contribution in [0.1, 0.15) is 213 Å². The molecule has 270 valence electrons. The summed E-state index contributed by atoms with van der Waals surface area (Å²) in [6.07, 6.45) is 53.6. The van der Waals surface area contributed by atoms with Gasteiger partial charge in [-0.2, -0.15) is 0 Å². The van der Waals surface area contributed by atoms with E-state index in [2.05, 4.69) is 50.3 Å². The van der Waals surface area contributed by atoms with Crippen molar-refractivity contribution in [1.82, 2.24) is 0 Å². The van der Waals surface area contributed by atoms with Crippen molar-refractivity contribution in [3.63, 3.8) is 0 Å². The van der Waals surface area contributed by atoms with Crippen LogP contribution in [0, 0.1) is 0 Å². The second-order valence-electron chi connectivity index (χ2n) is 14.2. The summed E-state index contributed by atoms with van der Waals surface area (Å²) >= 11 is 0. The van der Waals surface area contributed by atoms with Crippen LogP contribution < -0.4 is 0 Å². The molecular weight excluding hydrogens is 564 g/mol. The molecule has 2 unspecified atom stereocenters. The van der Waals surface area contributed by atoms with Crippen molar-refractivity contribution in [3.05, 3.63) is 36.5 Å². The van der Waals surface area contributed by atoms with Gasteiger partial charge >= 0.3 is 0 Å². The summed E-state index contributed by atoms with van der Waals surface area (Å²) < 4.78 is 13.1. The highest BCUT2D eigenvalue weighted by Gasteiger charge is 2.40. The van der Waals surface area contributed by atoms with E-state index in [0.29, 0.717) is 0 Å². The molecule has 3 nitrogen and oxygen atoms in total. The maximum absolute atomic E-state index is 9.18. The predicted octanol–water partition coefficient (Wildman–Crippen LogP) is 13.9. The van der Waals surface area contributed by atoms with Gasteiger partial charge in [0.15, 0.2) is 5.79 Å². The van der Waals surface area contributed by atoms with Gasteiger partial charge in [-0.05, 0) is 89.9 Å². The molecule has 0 aromatic heterocycles. The van der Waals surface area contributed by atoms with E-state index in [0.717, 1.165) is 45.1 Å². The zero-order chi connectivity index (χ0) is 33.1. The fraction of sp³-hybridized carbons (Fsp3) is 0.860. The summed E-state index contributed by atoms with van der Waals surface area (Å²) in [5, 5.41) is 9.18. The zero-order valence-electron chi connectivity index (χ0n) is 31.1. The van der Waals surface area contributed by atoms with Gasteiger partial charge < -0.3 is 14.6 Å². The van der Waals surface area contributed by atoms with E-state index < -0.39 is 0 Å². The van der Waals surface area contributed by atoms with Gasteiger partial charge in [-0.1, -0.05) is 147 Å². The first-order valence-electron chi connectivity index (χ1n) is 20.6. The van der Waals surface area contributed by atoms with Crippen LogP contribution in [0.25, 0.3) is 0 Å². The molecule has 1 rings (SSSR count). The van der Waals surface area contributed by atoms with Crippen molar-refractivity contribution in [2.24, 2.45) is 0 Å². The van der Waals surface area contributed by atoms with Gasteiger partial charge in [0.1, 0.15) is 0 Å². The van der Waals surface area contributed by atoms with Gasteiger partial charge in [0.05, 0.1) is 12.7 Å². The Morgan fingerprint density at radius 1 is 0.500 bits per heavy atom. The smallest absolute Gasteiger partial charge is 0.168 e. The van der Waals surface area contributed by atoms with Gasteiger partial charge in [-0.25, -0.2) is 0 Å². The Morgan fingerprint density at radius 2 is 0.913 bits per heavy atom. The lowest BCUT2D eigenvalue weighted by molar-refractivity contribution is -0.180. The minimum atomic E-state index is -0.344. The Bertz CT molecular complexity index is 698. The monoisotopic (exact) mass is 645 g/mol. The Labute approximate surface area is 288 Å². The first kappa shape index (κ1) is 43.1. The largest absolute Gasteiger partial charge is 0.396 e. The third-order valence-electron chi connectivity index (χ3n) is 9.68. The molecule has 1 fully saturated rings. The standard InChI is InChI=1S/C43H80O3/c1-3-5-7-9-11-13-15-17-19-21-23-25-27-29-31-34-38-43(45-41-42(46-43)37-33-36-40-44)39-35-32-30-28-26-24-22-20-18-16-14-12-10-8-6-4-2/h11-14,17,19,42,44H,3-10,15-16,18,20-41H2,1-2H3. The first-order chi connectivity index (χ1) is 22.8. The van der Waals surface area contributed by atoms with Gasteiger partial charge in [-0.15, -0.1) is 0 Å². The van der Waals surface area contributed by atoms with Crippen LogP contribution in [0.3, 0.4) is 0 Å². The van der Waals surface area contributed by atoms with Crippen LogP contribution in [0.2, 0.25) is 0 Å². The van der Waals surface area contributed by atoms with Crippen LogP contribution in [0.15, 0.2) is 36.5 Å². The third kappa shape index (κ3) is 27.1. The third-order valence-corrected chi connectivity index (χ3v) is 9.68. The fourth-order valence-corrected chi connectivity index (χ4v) is 6.65. The highest BCUT2D eigenvalue weighted by molar-refractivity contribution is 4.92. The number of aliphatic hydroxyl groups excluding tert-OH is 1. The number of hydrogen-bond acceptors (Lipinski definition) is 3. The molecule has 1 saturated heterocycles. The second kappa shape index (κ2) is 34.0. The molecule has 0 aromatic rings. The number of allylic oxidation sites excluding steroid dienone is 6. The molecule has 1 aliphatic heterocycles. The molecule has 1 aliphatic rings. The minimum Gasteiger partial charge on any atom is -0.396 e. The van der Waals surface area contributed by atoms with Crippen molar-refractivity contribution in [3.8, 4) is 0 Å². The molecule has 2 atom stereocenters.